The van der Waals surface area contributed by atoms with Gasteiger partial charge >= 0.3 is 0 Å². The monoisotopic (exact) mass is 361 g/mol. The summed E-state index contributed by atoms with van der Waals surface area (Å²) in [5.74, 6) is 0.749. The number of rotatable bonds is 6. The summed E-state index contributed by atoms with van der Waals surface area (Å²) in [6.07, 6.45) is 2.94. The minimum atomic E-state index is -0.492. The molecule has 2 aromatic carbocycles. The van der Waals surface area contributed by atoms with E-state index in [0.29, 0.717) is 18.1 Å². The van der Waals surface area contributed by atoms with Crippen molar-refractivity contribution in [3.8, 4) is 11.5 Å². The zero-order chi connectivity index (χ0) is 15.9. The van der Waals surface area contributed by atoms with Crippen LogP contribution in [-0.4, -0.2) is 13.0 Å². The number of carbonyl (C=O) groups excluding carboxylic acids is 1. The van der Waals surface area contributed by atoms with Gasteiger partial charge in [0.1, 0.15) is 6.61 Å². The number of amides is 1. The first-order valence-corrected chi connectivity index (χ1v) is 7.40. The lowest BCUT2D eigenvalue weighted by molar-refractivity contribution is -0.113. The largest absolute Gasteiger partial charge is 0.493 e. The average Bonchev–Trinajstić information content (AvgIpc) is 2.52. The van der Waals surface area contributed by atoms with Gasteiger partial charge in [0.2, 0.25) is 5.91 Å². The van der Waals surface area contributed by atoms with Crippen LogP contribution in [0.25, 0.3) is 6.08 Å². The van der Waals surface area contributed by atoms with Crippen LogP contribution in [0.4, 0.5) is 0 Å². The third-order valence-electron chi connectivity index (χ3n) is 2.94. The van der Waals surface area contributed by atoms with Crippen LogP contribution in [0.5, 0.6) is 11.5 Å². The highest BCUT2D eigenvalue weighted by molar-refractivity contribution is 9.10. The third-order valence-corrected chi connectivity index (χ3v) is 3.46. The zero-order valence-electron chi connectivity index (χ0n) is 12.1. The van der Waals surface area contributed by atoms with Gasteiger partial charge in [-0.05, 0) is 41.5 Å². The van der Waals surface area contributed by atoms with Crippen molar-refractivity contribution < 1.29 is 14.3 Å². The molecule has 1 amide bonds. The van der Waals surface area contributed by atoms with Gasteiger partial charge in [-0.25, -0.2) is 0 Å². The highest BCUT2D eigenvalue weighted by Crippen LogP contribution is 2.29. The number of halogens is 1. The van der Waals surface area contributed by atoms with Crippen LogP contribution in [-0.2, 0) is 11.4 Å². The highest BCUT2D eigenvalue weighted by Gasteiger charge is 2.05. The number of carbonyl (C=O) groups is 1. The second kappa shape index (κ2) is 7.66. The van der Waals surface area contributed by atoms with Gasteiger partial charge in [-0.3, -0.25) is 4.79 Å². The molecule has 5 heteroatoms. The molecular weight excluding hydrogens is 346 g/mol. The number of hydrogen-bond donors (Lipinski definition) is 1. The molecule has 0 atom stereocenters. The van der Waals surface area contributed by atoms with Crippen molar-refractivity contribution in [1.82, 2.24) is 0 Å². The SMILES string of the molecule is COc1ccc(/C=C/C(N)=O)cc1OCc1ccc(Br)cc1. The number of benzene rings is 2. The normalized spacial score (nSPS) is 10.6. The van der Waals surface area contributed by atoms with Gasteiger partial charge in [0.15, 0.2) is 11.5 Å². The molecule has 0 aliphatic rings. The minimum Gasteiger partial charge on any atom is -0.493 e. The van der Waals surface area contributed by atoms with Gasteiger partial charge in [0, 0.05) is 10.5 Å². The summed E-state index contributed by atoms with van der Waals surface area (Å²) < 4.78 is 12.1. The van der Waals surface area contributed by atoms with Gasteiger partial charge in [0.25, 0.3) is 0 Å². The van der Waals surface area contributed by atoms with E-state index in [1.54, 1.807) is 25.3 Å². The Morgan fingerprint density at radius 2 is 1.91 bits per heavy atom. The predicted octanol–water partition coefficient (Wildman–Crippen LogP) is 3.54. The Labute approximate surface area is 137 Å². The number of methoxy groups -OCH3 is 1. The fourth-order valence-electron chi connectivity index (χ4n) is 1.83. The Morgan fingerprint density at radius 3 is 2.55 bits per heavy atom. The number of ether oxygens (including phenoxy) is 2. The molecular formula is C17H16BrNO3. The quantitative estimate of drug-likeness (QED) is 0.800. The van der Waals surface area contributed by atoms with E-state index < -0.39 is 5.91 Å². The molecule has 0 aliphatic carbocycles. The van der Waals surface area contributed by atoms with E-state index in [9.17, 15) is 4.79 Å². The predicted molar refractivity (Wildman–Crippen MR) is 89.7 cm³/mol. The van der Waals surface area contributed by atoms with Gasteiger partial charge in [-0.15, -0.1) is 0 Å². The third kappa shape index (κ3) is 4.63. The highest BCUT2D eigenvalue weighted by atomic mass is 79.9. The summed E-state index contributed by atoms with van der Waals surface area (Å²) in [4.78, 5) is 10.8. The van der Waals surface area contributed by atoms with Crippen molar-refractivity contribution in [1.29, 1.82) is 0 Å². The summed E-state index contributed by atoms with van der Waals surface area (Å²) in [6, 6.07) is 13.3. The first-order chi connectivity index (χ1) is 10.6. The van der Waals surface area contributed by atoms with Crippen molar-refractivity contribution in [2.45, 2.75) is 6.61 Å². The summed E-state index contributed by atoms with van der Waals surface area (Å²) in [6.45, 7) is 0.423. The van der Waals surface area contributed by atoms with Crippen molar-refractivity contribution in [2.24, 2.45) is 5.73 Å². The Kier molecular flexibility index (Phi) is 5.61. The molecule has 0 heterocycles. The van der Waals surface area contributed by atoms with Gasteiger partial charge in [-0.1, -0.05) is 34.1 Å². The van der Waals surface area contributed by atoms with E-state index in [4.69, 9.17) is 15.2 Å². The molecule has 114 valence electrons. The lowest BCUT2D eigenvalue weighted by atomic mass is 10.2. The van der Waals surface area contributed by atoms with E-state index in [1.807, 2.05) is 30.3 Å². The first-order valence-electron chi connectivity index (χ1n) is 6.61. The zero-order valence-corrected chi connectivity index (χ0v) is 13.7. The lowest BCUT2D eigenvalue weighted by Crippen LogP contribution is -2.05. The Hall–Kier alpha value is -2.27. The maximum atomic E-state index is 10.8. The fourth-order valence-corrected chi connectivity index (χ4v) is 2.09. The molecule has 0 bridgehead atoms. The van der Waals surface area contributed by atoms with Gasteiger partial charge < -0.3 is 15.2 Å². The van der Waals surface area contributed by atoms with Crippen LogP contribution in [0, 0.1) is 0 Å². The Balaban J connectivity index is 2.15. The molecule has 2 rings (SSSR count). The Bertz CT molecular complexity index is 681. The smallest absolute Gasteiger partial charge is 0.241 e. The maximum Gasteiger partial charge on any atom is 0.241 e. The summed E-state index contributed by atoms with van der Waals surface area (Å²) in [5.41, 5.74) is 6.95. The van der Waals surface area contributed by atoms with Crippen molar-refractivity contribution in [3.63, 3.8) is 0 Å². The summed E-state index contributed by atoms with van der Waals surface area (Å²) in [5, 5.41) is 0. The van der Waals surface area contributed by atoms with Gasteiger partial charge in [0.05, 0.1) is 7.11 Å². The number of primary amides is 1. The molecule has 0 fully saturated rings. The molecule has 0 saturated carbocycles. The molecule has 2 aromatic rings. The topological polar surface area (TPSA) is 61.5 Å². The first kappa shape index (κ1) is 16.1. The lowest BCUT2D eigenvalue weighted by Gasteiger charge is -2.11. The Morgan fingerprint density at radius 1 is 1.18 bits per heavy atom. The number of nitrogens with two attached hydrogens (primary N) is 1. The van der Waals surface area contributed by atoms with E-state index >= 15 is 0 Å². The summed E-state index contributed by atoms with van der Waals surface area (Å²) in [7, 11) is 1.58. The average molecular weight is 362 g/mol. The van der Waals surface area contributed by atoms with E-state index in [1.165, 1.54) is 6.08 Å². The van der Waals surface area contributed by atoms with Crippen molar-refractivity contribution in [2.75, 3.05) is 7.11 Å². The van der Waals surface area contributed by atoms with Crippen LogP contribution in [0.1, 0.15) is 11.1 Å². The van der Waals surface area contributed by atoms with Crippen LogP contribution in [0.3, 0.4) is 0 Å². The minimum absolute atomic E-state index is 0.423. The molecule has 22 heavy (non-hydrogen) atoms. The van der Waals surface area contributed by atoms with E-state index in [2.05, 4.69) is 15.9 Å². The second-order valence-corrected chi connectivity index (χ2v) is 5.48. The molecule has 0 unspecified atom stereocenters. The standard InChI is InChI=1S/C17H16BrNO3/c1-21-15-8-4-12(5-9-17(19)20)10-16(15)22-11-13-2-6-14(18)7-3-13/h2-10H,11H2,1H3,(H2,19,20)/b9-5+. The molecule has 2 N–H and O–H groups in total. The second-order valence-electron chi connectivity index (χ2n) is 4.56. The summed E-state index contributed by atoms with van der Waals surface area (Å²) >= 11 is 3.40. The fraction of sp³-hybridized carbons (Fsp3) is 0.118. The number of hydrogen-bond acceptors (Lipinski definition) is 3. The molecule has 0 aliphatic heterocycles. The van der Waals surface area contributed by atoms with Crippen LogP contribution in [0.15, 0.2) is 53.0 Å². The molecule has 0 aromatic heterocycles. The molecule has 4 nitrogen and oxygen atoms in total. The molecule has 0 radical (unpaired) electrons. The van der Waals surface area contributed by atoms with Crippen LogP contribution in [0.2, 0.25) is 0 Å². The maximum absolute atomic E-state index is 10.8. The van der Waals surface area contributed by atoms with Crippen LogP contribution < -0.4 is 15.2 Å². The van der Waals surface area contributed by atoms with Gasteiger partial charge in [-0.2, -0.15) is 0 Å². The van der Waals surface area contributed by atoms with Crippen molar-refractivity contribution in [3.05, 3.63) is 64.1 Å². The van der Waals surface area contributed by atoms with Crippen LogP contribution >= 0.6 is 15.9 Å². The van der Waals surface area contributed by atoms with E-state index in [-0.39, 0.29) is 0 Å². The van der Waals surface area contributed by atoms with E-state index in [0.717, 1.165) is 15.6 Å². The molecule has 0 saturated heterocycles. The molecule has 0 spiro atoms. The van der Waals surface area contributed by atoms with Crippen molar-refractivity contribution >= 4 is 27.9 Å².